The number of carbonyl (C=O) groups excluding carboxylic acids is 1. The molecule has 1 aromatic carbocycles. The molecule has 19 heavy (non-hydrogen) atoms. The largest absolute Gasteiger partial charge is 0.397 e. The first-order chi connectivity index (χ1) is 8.97. The molecule has 0 saturated carbocycles. The maximum absolute atomic E-state index is 11.5. The summed E-state index contributed by atoms with van der Waals surface area (Å²) < 4.78 is 1.71. The van der Waals surface area contributed by atoms with Crippen LogP contribution in [0.5, 0.6) is 0 Å². The molecule has 5 heteroatoms. The van der Waals surface area contributed by atoms with Gasteiger partial charge in [0.15, 0.2) is 0 Å². The molecule has 1 heterocycles. The van der Waals surface area contributed by atoms with Crippen molar-refractivity contribution in [3.05, 3.63) is 40.7 Å². The quantitative estimate of drug-likeness (QED) is 0.822. The number of aromatic nitrogens is 2. The number of aryl methyl sites for hydroxylation is 1. The Hall–Kier alpha value is -2.30. The predicted molar refractivity (Wildman–Crippen MR) is 75.3 cm³/mol. The summed E-state index contributed by atoms with van der Waals surface area (Å²) in [5.74, 6) is -0.507. The second-order valence-electron chi connectivity index (χ2n) is 4.52. The van der Waals surface area contributed by atoms with Gasteiger partial charge >= 0.3 is 0 Å². The van der Waals surface area contributed by atoms with E-state index in [-0.39, 0.29) is 0 Å². The van der Waals surface area contributed by atoms with Crippen LogP contribution < -0.4 is 11.5 Å². The topological polar surface area (TPSA) is 86.9 Å². The van der Waals surface area contributed by atoms with E-state index in [2.05, 4.69) is 12.0 Å². The van der Waals surface area contributed by atoms with E-state index in [0.29, 0.717) is 16.9 Å². The molecule has 2 rings (SSSR count). The van der Waals surface area contributed by atoms with Crippen molar-refractivity contribution < 1.29 is 4.79 Å². The highest BCUT2D eigenvalue weighted by molar-refractivity contribution is 5.98. The summed E-state index contributed by atoms with van der Waals surface area (Å²) in [6, 6.07) is 5.12. The van der Waals surface area contributed by atoms with Crippen LogP contribution in [0.15, 0.2) is 18.2 Å². The van der Waals surface area contributed by atoms with Crippen molar-refractivity contribution in [2.45, 2.75) is 27.2 Å². The van der Waals surface area contributed by atoms with E-state index < -0.39 is 5.91 Å². The van der Waals surface area contributed by atoms with Crippen molar-refractivity contribution in [2.24, 2.45) is 5.73 Å². The lowest BCUT2D eigenvalue weighted by Crippen LogP contribution is -2.17. The zero-order chi connectivity index (χ0) is 14.2. The van der Waals surface area contributed by atoms with Gasteiger partial charge in [-0.3, -0.25) is 4.79 Å². The van der Waals surface area contributed by atoms with Crippen molar-refractivity contribution in [2.75, 3.05) is 5.73 Å². The van der Waals surface area contributed by atoms with Gasteiger partial charge in [-0.1, -0.05) is 13.0 Å². The number of hydrogen-bond donors (Lipinski definition) is 2. The summed E-state index contributed by atoms with van der Waals surface area (Å²) in [6.07, 6.45) is 0.885. The summed E-state index contributed by atoms with van der Waals surface area (Å²) in [5, 5.41) is 4.48. The van der Waals surface area contributed by atoms with Crippen LogP contribution in [0.2, 0.25) is 0 Å². The van der Waals surface area contributed by atoms with Gasteiger partial charge in [0.2, 0.25) is 0 Å². The number of carbonyl (C=O) groups is 1. The summed E-state index contributed by atoms with van der Waals surface area (Å²) in [7, 11) is 0. The predicted octanol–water partition coefficient (Wildman–Crippen LogP) is 1.73. The van der Waals surface area contributed by atoms with Crippen molar-refractivity contribution in [1.29, 1.82) is 0 Å². The monoisotopic (exact) mass is 258 g/mol. The standard InChI is InChI=1S/C14H18N4O/c1-4-10-8(2)17-18(9(10)3)13-11(14(16)19)6-5-7-12(13)15/h5-7H,4,15H2,1-3H3,(H2,16,19). The molecule has 0 unspecified atom stereocenters. The van der Waals surface area contributed by atoms with Gasteiger partial charge in [-0.05, 0) is 38.0 Å². The molecule has 0 aliphatic heterocycles. The van der Waals surface area contributed by atoms with Gasteiger partial charge in [-0.2, -0.15) is 5.10 Å². The van der Waals surface area contributed by atoms with Gasteiger partial charge in [-0.25, -0.2) is 4.68 Å². The third-order valence-corrected chi connectivity index (χ3v) is 3.34. The third-order valence-electron chi connectivity index (χ3n) is 3.34. The molecule has 0 saturated heterocycles. The molecule has 0 aliphatic carbocycles. The Balaban J connectivity index is 2.75. The lowest BCUT2D eigenvalue weighted by molar-refractivity contribution is 0.1000. The van der Waals surface area contributed by atoms with Crippen LogP contribution in [-0.4, -0.2) is 15.7 Å². The number of rotatable bonds is 3. The van der Waals surface area contributed by atoms with E-state index in [1.165, 1.54) is 5.56 Å². The summed E-state index contributed by atoms with van der Waals surface area (Å²) >= 11 is 0. The van der Waals surface area contributed by atoms with Gasteiger partial charge < -0.3 is 11.5 Å². The fourth-order valence-corrected chi connectivity index (χ4v) is 2.40. The molecule has 0 atom stereocenters. The molecular weight excluding hydrogens is 240 g/mol. The number of nitrogens with two attached hydrogens (primary N) is 2. The van der Waals surface area contributed by atoms with Crippen molar-refractivity contribution >= 4 is 11.6 Å². The molecule has 0 fully saturated rings. The van der Waals surface area contributed by atoms with Crippen molar-refractivity contribution in [3.8, 4) is 5.69 Å². The maximum Gasteiger partial charge on any atom is 0.250 e. The molecule has 5 nitrogen and oxygen atoms in total. The molecule has 0 aliphatic rings. The van der Waals surface area contributed by atoms with Crippen LogP contribution in [0.4, 0.5) is 5.69 Å². The Morgan fingerprint density at radius 3 is 2.58 bits per heavy atom. The first-order valence-corrected chi connectivity index (χ1v) is 6.21. The summed E-state index contributed by atoms with van der Waals surface area (Å²) in [4.78, 5) is 11.5. The zero-order valence-electron chi connectivity index (χ0n) is 11.4. The van der Waals surface area contributed by atoms with Gasteiger partial charge in [0, 0.05) is 5.69 Å². The Kier molecular flexibility index (Phi) is 3.29. The highest BCUT2D eigenvalue weighted by Crippen LogP contribution is 2.25. The second kappa shape index (κ2) is 4.76. The van der Waals surface area contributed by atoms with E-state index in [0.717, 1.165) is 17.8 Å². The first kappa shape index (κ1) is 13.1. The smallest absolute Gasteiger partial charge is 0.250 e. The Bertz CT molecular complexity index is 643. The zero-order valence-corrected chi connectivity index (χ0v) is 11.4. The molecule has 2 aromatic rings. The van der Waals surface area contributed by atoms with Crippen molar-refractivity contribution in [3.63, 3.8) is 0 Å². The number of anilines is 1. The van der Waals surface area contributed by atoms with Gasteiger partial charge in [0.05, 0.1) is 16.9 Å². The highest BCUT2D eigenvalue weighted by atomic mass is 16.1. The lowest BCUT2D eigenvalue weighted by Gasteiger charge is -2.12. The molecule has 1 amide bonds. The number of primary amides is 1. The van der Waals surface area contributed by atoms with E-state index in [9.17, 15) is 4.79 Å². The fourth-order valence-electron chi connectivity index (χ4n) is 2.40. The Labute approximate surface area is 112 Å². The number of nitrogens with zero attached hydrogens (tertiary/aromatic N) is 2. The van der Waals surface area contributed by atoms with E-state index >= 15 is 0 Å². The van der Waals surface area contributed by atoms with Crippen molar-refractivity contribution in [1.82, 2.24) is 9.78 Å². The van der Waals surface area contributed by atoms with Gasteiger partial charge in [0.1, 0.15) is 5.69 Å². The average molecular weight is 258 g/mol. The Morgan fingerprint density at radius 1 is 1.37 bits per heavy atom. The number of nitrogen functional groups attached to an aromatic ring is 1. The lowest BCUT2D eigenvalue weighted by atomic mass is 10.1. The van der Waals surface area contributed by atoms with Crippen LogP contribution in [0, 0.1) is 13.8 Å². The van der Waals surface area contributed by atoms with E-state index in [1.54, 1.807) is 22.9 Å². The number of para-hydroxylation sites is 1. The minimum absolute atomic E-state index is 0.383. The third kappa shape index (κ3) is 2.07. The number of benzene rings is 1. The van der Waals surface area contributed by atoms with Crippen LogP contribution in [-0.2, 0) is 6.42 Å². The first-order valence-electron chi connectivity index (χ1n) is 6.21. The molecule has 0 spiro atoms. The maximum atomic E-state index is 11.5. The fraction of sp³-hybridized carbons (Fsp3) is 0.286. The number of amides is 1. The molecule has 100 valence electrons. The molecule has 0 radical (unpaired) electrons. The van der Waals surface area contributed by atoms with Gasteiger partial charge in [0.25, 0.3) is 5.91 Å². The van der Waals surface area contributed by atoms with Crippen LogP contribution in [0.25, 0.3) is 5.69 Å². The van der Waals surface area contributed by atoms with Crippen LogP contribution in [0.1, 0.15) is 34.2 Å². The SMILES string of the molecule is CCc1c(C)nn(-c2c(N)cccc2C(N)=O)c1C. The van der Waals surface area contributed by atoms with Crippen LogP contribution in [0.3, 0.4) is 0 Å². The average Bonchev–Trinajstić information content (AvgIpc) is 2.63. The summed E-state index contributed by atoms with van der Waals surface area (Å²) in [5.41, 5.74) is 15.9. The van der Waals surface area contributed by atoms with E-state index in [4.69, 9.17) is 11.5 Å². The minimum Gasteiger partial charge on any atom is -0.397 e. The highest BCUT2D eigenvalue weighted by Gasteiger charge is 2.18. The van der Waals surface area contributed by atoms with Gasteiger partial charge in [-0.15, -0.1) is 0 Å². The molecule has 4 N–H and O–H groups in total. The normalized spacial score (nSPS) is 10.7. The minimum atomic E-state index is -0.507. The van der Waals surface area contributed by atoms with Crippen LogP contribution >= 0.6 is 0 Å². The molecular formula is C14H18N4O. The second-order valence-corrected chi connectivity index (χ2v) is 4.52. The van der Waals surface area contributed by atoms with E-state index in [1.807, 2.05) is 13.8 Å². The molecule has 0 bridgehead atoms. The number of hydrogen-bond acceptors (Lipinski definition) is 3. The Morgan fingerprint density at radius 2 is 2.05 bits per heavy atom. The molecule has 1 aromatic heterocycles. The summed E-state index contributed by atoms with van der Waals surface area (Å²) in [6.45, 7) is 5.99.